The van der Waals surface area contributed by atoms with Crippen LogP contribution < -0.4 is 20.1 Å². The summed E-state index contributed by atoms with van der Waals surface area (Å²) in [5.41, 5.74) is 1.06. The van der Waals surface area contributed by atoms with E-state index in [0.29, 0.717) is 11.3 Å². The summed E-state index contributed by atoms with van der Waals surface area (Å²) in [4.78, 5) is 23.8. The second kappa shape index (κ2) is 9.97. The van der Waals surface area contributed by atoms with E-state index < -0.39 is 21.7 Å². The first kappa shape index (κ1) is 23.0. The summed E-state index contributed by atoms with van der Waals surface area (Å²) in [6, 6.07) is 9.26. The van der Waals surface area contributed by atoms with Gasteiger partial charge in [0.25, 0.3) is 0 Å². The maximum atomic E-state index is 12.3. The van der Waals surface area contributed by atoms with Crippen molar-refractivity contribution in [3.63, 3.8) is 0 Å². The molecule has 0 aliphatic heterocycles. The molecule has 0 unspecified atom stereocenters. The molecule has 0 bridgehead atoms. The lowest BCUT2D eigenvalue weighted by molar-refractivity contribution is -0.114. The lowest BCUT2D eigenvalue weighted by atomic mass is 10.2. The zero-order valence-corrected chi connectivity index (χ0v) is 18.0. The standard InChI is InChI=1S/C20H24N2O7S/c1-5-29-20(24)13-6-8-14(9-7-13)22-17(23)12-21-15-10-11-16(27-2)18(28-3)19(15)30(4,25)26/h6-11,21H,5,12H2,1-4H3,(H,22,23). The van der Waals surface area contributed by atoms with E-state index in [1.54, 1.807) is 25.1 Å². The van der Waals surface area contributed by atoms with Crippen molar-refractivity contribution < 1.29 is 32.2 Å². The number of amides is 1. The number of hydrogen-bond donors (Lipinski definition) is 2. The van der Waals surface area contributed by atoms with Crippen molar-refractivity contribution in [2.45, 2.75) is 11.8 Å². The summed E-state index contributed by atoms with van der Waals surface area (Å²) < 4.78 is 39.8. The molecular weight excluding hydrogens is 412 g/mol. The van der Waals surface area contributed by atoms with E-state index in [1.807, 2.05) is 0 Å². The van der Waals surface area contributed by atoms with Gasteiger partial charge >= 0.3 is 5.97 Å². The monoisotopic (exact) mass is 436 g/mol. The summed E-state index contributed by atoms with van der Waals surface area (Å²) in [5.74, 6) is -0.540. The number of anilines is 2. The lowest BCUT2D eigenvalue weighted by Gasteiger charge is -2.16. The minimum absolute atomic E-state index is 0.0555. The van der Waals surface area contributed by atoms with E-state index in [-0.39, 0.29) is 35.2 Å². The number of hydrogen-bond acceptors (Lipinski definition) is 8. The van der Waals surface area contributed by atoms with Crippen LogP contribution in [-0.4, -0.2) is 53.9 Å². The number of sulfone groups is 1. The van der Waals surface area contributed by atoms with Crippen molar-refractivity contribution in [1.82, 2.24) is 0 Å². The van der Waals surface area contributed by atoms with Gasteiger partial charge in [-0.25, -0.2) is 13.2 Å². The van der Waals surface area contributed by atoms with Crippen molar-refractivity contribution in [3.05, 3.63) is 42.0 Å². The van der Waals surface area contributed by atoms with Gasteiger partial charge in [-0.1, -0.05) is 0 Å². The molecular formula is C20H24N2O7S. The molecule has 9 nitrogen and oxygen atoms in total. The van der Waals surface area contributed by atoms with Gasteiger partial charge in [0, 0.05) is 11.9 Å². The zero-order chi connectivity index (χ0) is 22.3. The molecule has 0 fully saturated rings. The van der Waals surface area contributed by atoms with Crippen LogP contribution in [0, 0.1) is 0 Å². The summed E-state index contributed by atoms with van der Waals surface area (Å²) in [6.45, 7) is 1.79. The first-order chi connectivity index (χ1) is 14.2. The van der Waals surface area contributed by atoms with Crippen LogP contribution in [0.25, 0.3) is 0 Å². The summed E-state index contributed by atoms with van der Waals surface area (Å²) in [5, 5.41) is 5.47. The number of ether oxygens (including phenoxy) is 3. The van der Waals surface area contributed by atoms with Crippen LogP contribution in [0.2, 0.25) is 0 Å². The zero-order valence-electron chi connectivity index (χ0n) is 17.1. The van der Waals surface area contributed by atoms with E-state index in [9.17, 15) is 18.0 Å². The smallest absolute Gasteiger partial charge is 0.338 e. The molecule has 2 rings (SSSR count). The van der Waals surface area contributed by atoms with Crippen molar-refractivity contribution in [1.29, 1.82) is 0 Å². The molecule has 1 amide bonds. The normalized spacial score (nSPS) is 10.8. The van der Waals surface area contributed by atoms with E-state index in [4.69, 9.17) is 14.2 Å². The molecule has 2 aromatic carbocycles. The number of benzene rings is 2. The minimum Gasteiger partial charge on any atom is -0.493 e. The maximum absolute atomic E-state index is 12.3. The van der Waals surface area contributed by atoms with Gasteiger partial charge in [-0.3, -0.25) is 4.79 Å². The Hall–Kier alpha value is -3.27. The Morgan fingerprint density at radius 1 is 1.00 bits per heavy atom. The molecule has 0 saturated carbocycles. The van der Waals surface area contributed by atoms with Crippen LogP contribution >= 0.6 is 0 Å². The van der Waals surface area contributed by atoms with Gasteiger partial charge in [-0.05, 0) is 43.3 Å². The third-order valence-corrected chi connectivity index (χ3v) is 5.14. The second-order valence-corrected chi connectivity index (χ2v) is 8.10. The molecule has 0 atom stereocenters. The predicted molar refractivity (Wildman–Crippen MR) is 112 cm³/mol. The maximum Gasteiger partial charge on any atom is 0.338 e. The number of rotatable bonds is 9. The number of carbonyl (C=O) groups is 2. The van der Waals surface area contributed by atoms with Crippen molar-refractivity contribution >= 4 is 33.1 Å². The van der Waals surface area contributed by atoms with E-state index >= 15 is 0 Å². The Bertz CT molecular complexity index is 1020. The number of esters is 1. The Morgan fingerprint density at radius 3 is 2.20 bits per heavy atom. The average molecular weight is 436 g/mol. The van der Waals surface area contributed by atoms with Crippen molar-refractivity contribution in [3.8, 4) is 11.5 Å². The molecule has 162 valence electrons. The highest BCUT2D eigenvalue weighted by Crippen LogP contribution is 2.39. The molecule has 2 N–H and O–H groups in total. The average Bonchev–Trinajstić information content (AvgIpc) is 2.71. The van der Waals surface area contributed by atoms with Crippen LogP contribution in [0.1, 0.15) is 17.3 Å². The van der Waals surface area contributed by atoms with Crippen LogP contribution in [-0.2, 0) is 19.4 Å². The van der Waals surface area contributed by atoms with Gasteiger partial charge in [-0.15, -0.1) is 0 Å². The SMILES string of the molecule is CCOC(=O)c1ccc(NC(=O)CNc2ccc(OC)c(OC)c2S(C)(=O)=O)cc1. The highest BCUT2D eigenvalue weighted by molar-refractivity contribution is 7.91. The first-order valence-corrected chi connectivity index (χ1v) is 10.9. The van der Waals surface area contributed by atoms with E-state index in [1.165, 1.54) is 32.4 Å². The highest BCUT2D eigenvalue weighted by atomic mass is 32.2. The van der Waals surface area contributed by atoms with Gasteiger partial charge < -0.3 is 24.8 Å². The third kappa shape index (κ3) is 5.63. The molecule has 0 aromatic heterocycles. The van der Waals surface area contributed by atoms with E-state index in [0.717, 1.165) is 6.26 Å². The molecule has 0 radical (unpaired) electrons. The molecule has 2 aromatic rings. The Balaban J connectivity index is 2.12. The molecule has 0 heterocycles. The largest absolute Gasteiger partial charge is 0.493 e. The number of methoxy groups -OCH3 is 2. The lowest BCUT2D eigenvalue weighted by Crippen LogP contribution is -2.22. The third-order valence-electron chi connectivity index (χ3n) is 3.99. The fourth-order valence-corrected chi connectivity index (χ4v) is 3.75. The van der Waals surface area contributed by atoms with Crippen LogP contribution in [0.4, 0.5) is 11.4 Å². The molecule has 10 heteroatoms. The van der Waals surface area contributed by atoms with Crippen molar-refractivity contribution in [2.24, 2.45) is 0 Å². The fraction of sp³-hybridized carbons (Fsp3) is 0.300. The van der Waals surface area contributed by atoms with Gasteiger partial charge in [0.2, 0.25) is 5.91 Å². The van der Waals surface area contributed by atoms with Crippen molar-refractivity contribution in [2.75, 3.05) is 44.3 Å². The minimum atomic E-state index is -3.68. The Morgan fingerprint density at radius 2 is 1.67 bits per heavy atom. The predicted octanol–water partition coefficient (Wildman–Crippen LogP) is 2.33. The quantitative estimate of drug-likeness (QED) is 0.575. The number of carbonyl (C=O) groups excluding carboxylic acids is 2. The molecule has 0 aliphatic rings. The van der Waals surface area contributed by atoms with Crippen LogP contribution in [0.5, 0.6) is 11.5 Å². The molecule has 0 spiro atoms. The molecule has 0 aliphatic carbocycles. The summed E-state index contributed by atoms with van der Waals surface area (Å²) in [6.07, 6.45) is 1.04. The van der Waals surface area contributed by atoms with Gasteiger partial charge in [0.1, 0.15) is 4.90 Å². The topological polar surface area (TPSA) is 120 Å². The first-order valence-electron chi connectivity index (χ1n) is 8.97. The second-order valence-electron chi connectivity index (χ2n) is 6.15. The number of nitrogens with one attached hydrogen (secondary N) is 2. The van der Waals surface area contributed by atoms with Crippen LogP contribution in [0.15, 0.2) is 41.3 Å². The molecule has 0 saturated heterocycles. The van der Waals surface area contributed by atoms with Gasteiger partial charge in [-0.2, -0.15) is 0 Å². The highest BCUT2D eigenvalue weighted by Gasteiger charge is 2.23. The molecule has 30 heavy (non-hydrogen) atoms. The van der Waals surface area contributed by atoms with Gasteiger partial charge in [0.15, 0.2) is 21.3 Å². The van der Waals surface area contributed by atoms with E-state index in [2.05, 4.69) is 10.6 Å². The summed E-state index contributed by atoms with van der Waals surface area (Å²) in [7, 11) is -0.940. The summed E-state index contributed by atoms with van der Waals surface area (Å²) >= 11 is 0. The van der Waals surface area contributed by atoms with Crippen LogP contribution in [0.3, 0.4) is 0 Å². The fourth-order valence-electron chi connectivity index (χ4n) is 2.69. The Labute approximate surface area is 175 Å². The van der Waals surface area contributed by atoms with Gasteiger partial charge in [0.05, 0.1) is 38.6 Å². The Kier molecular flexibility index (Phi) is 7.65.